The summed E-state index contributed by atoms with van der Waals surface area (Å²) in [5.74, 6) is 0. The number of hydrogen-bond donors (Lipinski definition) is 0. The molecule has 9 heteroatoms. The van der Waals surface area contributed by atoms with Crippen molar-refractivity contribution >= 4 is 30.0 Å². The fourth-order valence-electron chi connectivity index (χ4n) is 3.18. The van der Waals surface area contributed by atoms with Crippen molar-refractivity contribution < 1.29 is 4.92 Å². The Hall–Kier alpha value is -3.03. The summed E-state index contributed by atoms with van der Waals surface area (Å²) in [5, 5.41) is 15.2. The van der Waals surface area contributed by atoms with Crippen molar-refractivity contribution in [2.24, 2.45) is 0 Å². The molecule has 27 heavy (non-hydrogen) atoms. The SMILES string of the molecule is CCn1c(=O)[se]c2cc(C(c3ccc([N+](=O)[O-])cc3)n3cncn3)ccc21. The molecule has 0 amide bonds. The molecule has 0 N–H and O–H groups in total. The Morgan fingerprint density at radius 2 is 1.93 bits per heavy atom. The predicted octanol–water partition coefficient (Wildman–Crippen LogP) is 2.22. The summed E-state index contributed by atoms with van der Waals surface area (Å²) in [6, 6.07) is 12.1. The normalized spacial score (nSPS) is 12.3. The van der Waals surface area contributed by atoms with Crippen LogP contribution >= 0.6 is 0 Å². The number of benzene rings is 2. The van der Waals surface area contributed by atoms with Crippen molar-refractivity contribution in [3.8, 4) is 0 Å². The van der Waals surface area contributed by atoms with Crippen LogP contribution in [-0.2, 0) is 6.54 Å². The number of aryl methyl sites for hydroxylation is 1. The van der Waals surface area contributed by atoms with Crippen LogP contribution in [0.1, 0.15) is 24.1 Å². The van der Waals surface area contributed by atoms with Crippen LogP contribution in [0.25, 0.3) is 9.78 Å². The minimum atomic E-state index is -0.420. The second-order valence-electron chi connectivity index (χ2n) is 5.97. The van der Waals surface area contributed by atoms with Gasteiger partial charge in [0.1, 0.15) is 0 Å². The van der Waals surface area contributed by atoms with Gasteiger partial charge in [-0.1, -0.05) is 0 Å². The van der Waals surface area contributed by atoms with E-state index in [1.807, 2.05) is 25.1 Å². The summed E-state index contributed by atoms with van der Waals surface area (Å²) in [4.78, 5) is 26.8. The molecule has 1 unspecified atom stereocenters. The molecule has 8 nitrogen and oxygen atoms in total. The van der Waals surface area contributed by atoms with Crippen LogP contribution < -0.4 is 4.43 Å². The summed E-state index contributed by atoms with van der Waals surface area (Å²) in [5.41, 5.74) is 2.82. The van der Waals surface area contributed by atoms with Crippen molar-refractivity contribution in [2.45, 2.75) is 19.5 Å². The number of nitro groups is 1. The topological polar surface area (TPSA) is 95.8 Å². The molecule has 1 atom stereocenters. The number of nitro benzene ring substituents is 1. The third kappa shape index (κ3) is 3.11. The average Bonchev–Trinajstić information content (AvgIpc) is 3.29. The summed E-state index contributed by atoms with van der Waals surface area (Å²) in [6.45, 7) is 2.62. The number of fused-ring (bicyclic) bond motifs is 1. The fraction of sp³-hybridized carbons (Fsp3) is 0.167. The monoisotopic (exact) mass is 429 g/mol. The summed E-state index contributed by atoms with van der Waals surface area (Å²) >= 11 is -0.246. The number of hydrogen-bond acceptors (Lipinski definition) is 5. The third-order valence-electron chi connectivity index (χ3n) is 4.45. The van der Waals surface area contributed by atoms with Gasteiger partial charge in [0.2, 0.25) is 0 Å². The molecule has 2 aromatic heterocycles. The molecule has 4 aromatic rings. The molecule has 0 aliphatic carbocycles. The zero-order chi connectivity index (χ0) is 19.0. The van der Waals surface area contributed by atoms with E-state index in [1.165, 1.54) is 18.5 Å². The van der Waals surface area contributed by atoms with Crippen LogP contribution in [0.4, 0.5) is 5.69 Å². The Morgan fingerprint density at radius 1 is 1.19 bits per heavy atom. The first-order valence-corrected chi connectivity index (χ1v) is 10.0. The first kappa shape index (κ1) is 17.4. The van der Waals surface area contributed by atoms with Crippen LogP contribution in [-0.4, -0.2) is 38.8 Å². The number of nitrogens with zero attached hydrogens (tertiary/aromatic N) is 5. The number of aromatic nitrogens is 4. The number of non-ortho nitro benzene ring substituents is 1. The van der Waals surface area contributed by atoms with Crippen molar-refractivity contribution in [3.05, 3.63) is 85.6 Å². The zero-order valence-corrected chi connectivity index (χ0v) is 16.1. The van der Waals surface area contributed by atoms with Crippen LogP contribution in [0.5, 0.6) is 0 Å². The predicted molar refractivity (Wildman–Crippen MR) is 101 cm³/mol. The summed E-state index contributed by atoms with van der Waals surface area (Å²) in [6.07, 6.45) is 3.08. The van der Waals surface area contributed by atoms with Crippen LogP contribution in [0.15, 0.2) is 59.9 Å². The third-order valence-corrected chi connectivity index (χ3v) is 6.42. The number of rotatable bonds is 5. The Labute approximate surface area is 159 Å². The van der Waals surface area contributed by atoms with Crippen molar-refractivity contribution in [2.75, 3.05) is 0 Å². The van der Waals surface area contributed by atoms with Crippen molar-refractivity contribution in [1.29, 1.82) is 0 Å². The summed E-state index contributed by atoms with van der Waals surface area (Å²) < 4.78 is 4.71. The van der Waals surface area contributed by atoms with E-state index in [4.69, 9.17) is 0 Å². The van der Waals surface area contributed by atoms with E-state index >= 15 is 0 Å². The van der Waals surface area contributed by atoms with Gasteiger partial charge in [-0.25, -0.2) is 0 Å². The molecule has 0 aliphatic heterocycles. The van der Waals surface area contributed by atoms with E-state index < -0.39 is 4.92 Å². The molecular weight excluding hydrogens is 413 g/mol. The van der Waals surface area contributed by atoms with E-state index in [0.717, 1.165) is 20.9 Å². The molecule has 0 fully saturated rings. The van der Waals surface area contributed by atoms with Gasteiger partial charge >= 0.3 is 159 Å². The Bertz CT molecular complexity index is 1160. The second kappa shape index (κ2) is 6.94. The maximum absolute atomic E-state index is 12.2. The molecule has 0 aliphatic rings. The minimum absolute atomic E-state index is 0.0394. The van der Waals surface area contributed by atoms with Gasteiger partial charge in [0, 0.05) is 0 Å². The Balaban J connectivity index is 1.85. The van der Waals surface area contributed by atoms with Gasteiger partial charge in [-0.3, -0.25) is 0 Å². The Morgan fingerprint density at radius 3 is 2.56 bits per heavy atom. The molecular formula is C18H15N5O3Se. The Kier molecular flexibility index (Phi) is 4.47. The fourth-order valence-corrected chi connectivity index (χ4v) is 5.29. The molecule has 2 heterocycles. The average molecular weight is 428 g/mol. The molecule has 0 bridgehead atoms. The van der Waals surface area contributed by atoms with Gasteiger partial charge in [-0.2, -0.15) is 0 Å². The van der Waals surface area contributed by atoms with Gasteiger partial charge in [-0.15, -0.1) is 0 Å². The van der Waals surface area contributed by atoms with E-state index in [2.05, 4.69) is 10.1 Å². The van der Waals surface area contributed by atoms with Crippen molar-refractivity contribution in [3.63, 3.8) is 0 Å². The molecule has 0 spiro atoms. The van der Waals surface area contributed by atoms with Crippen LogP contribution in [0, 0.1) is 10.1 Å². The first-order valence-electron chi connectivity index (χ1n) is 8.30. The van der Waals surface area contributed by atoms with Crippen LogP contribution in [0.2, 0.25) is 0 Å². The molecule has 4 rings (SSSR count). The first-order chi connectivity index (χ1) is 13.1. The molecule has 2 aromatic carbocycles. The zero-order valence-electron chi connectivity index (χ0n) is 14.3. The molecule has 0 radical (unpaired) electrons. The van der Waals surface area contributed by atoms with E-state index in [9.17, 15) is 14.9 Å². The van der Waals surface area contributed by atoms with Crippen molar-refractivity contribution in [1.82, 2.24) is 19.3 Å². The standard InChI is InChI=1S/C18H15N5O3Se/c1-2-21-15-8-5-13(9-16(15)27-18(21)24)17(22-11-19-10-20-22)12-3-6-14(7-4-12)23(25)26/h3-11,17H,2H2,1H3. The van der Waals surface area contributed by atoms with Crippen LogP contribution in [0.3, 0.4) is 0 Å². The molecule has 136 valence electrons. The second-order valence-corrected chi connectivity index (χ2v) is 8.05. The quantitative estimate of drug-likeness (QED) is 0.276. The molecule has 0 saturated heterocycles. The van der Waals surface area contributed by atoms with Gasteiger partial charge in [0.15, 0.2) is 0 Å². The summed E-state index contributed by atoms with van der Waals surface area (Å²) in [7, 11) is 0. The van der Waals surface area contributed by atoms with Gasteiger partial charge in [0.05, 0.1) is 0 Å². The van der Waals surface area contributed by atoms with Gasteiger partial charge in [-0.05, 0) is 0 Å². The van der Waals surface area contributed by atoms with E-state index in [-0.39, 0.29) is 30.7 Å². The van der Waals surface area contributed by atoms with Gasteiger partial charge in [0.25, 0.3) is 0 Å². The van der Waals surface area contributed by atoms with Gasteiger partial charge < -0.3 is 0 Å². The maximum atomic E-state index is 12.2. The molecule has 0 saturated carbocycles. The van der Waals surface area contributed by atoms with E-state index in [1.54, 1.807) is 27.7 Å². The van der Waals surface area contributed by atoms with E-state index in [0.29, 0.717) is 6.54 Å².